The standard InChI is InChI=1S/C20H26N4O3/c1-15-12-18(21-27-15)14-22-6-8-23(9-7-22)16(2)17-4-3-5-19(13-17)24-10-11-26-20(24)25/h3-5,12-13,16H,6-11,14H2,1-2H3/t16-/m0/s1. The molecule has 1 aromatic heterocycles. The van der Waals surface area contributed by atoms with E-state index in [9.17, 15) is 4.79 Å². The second kappa shape index (κ2) is 7.70. The number of rotatable bonds is 5. The Kier molecular flexibility index (Phi) is 5.13. The highest BCUT2D eigenvalue weighted by atomic mass is 16.6. The zero-order valence-electron chi connectivity index (χ0n) is 15.9. The summed E-state index contributed by atoms with van der Waals surface area (Å²) in [6.45, 7) is 10.1. The monoisotopic (exact) mass is 370 g/mol. The minimum absolute atomic E-state index is 0.253. The Bertz CT molecular complexity index is 798. The molecule has 1 amide bonds. The zero-order chi connectivity index (χ0) is 18.8. The Labute approximate surface area is 159 Å². The van der Waals surface area contributed by atoms with Gasteiger partial charge in [0.1, 0.15) is 12.4 Å². The quantitative estimate of drug-likeness (QED) is 0.807. The molecular weight excluding hydrogens is 344 g/mol. The van der Waals surface area contributed by atoms with Gasteiger partial charge in [-0.15, -0.1) is 0 Å². The molecule has 2 aromatic rings. The molecule has 0 radical (unpaired) electrons. The first-order chi connectivity index (χ1) is 13.1. The number of hydrogen-bond donors (Lipinski definition) is 0. The summed E-state index contributed by atoms with van der Waals surface area (Å²) in [5, 5.41) is 4.09. The summed E-state index contributed by atoms with van der Waals surface area (Å²) in [7, 11) is 0. The van der Waals surface area contributed by atoms with Gasteiger partial charge in [0.15, 0.2) is 0 Å². The summed E-state index contributed by atoms with van der Waals surface area (Å²) in [5.74, 6) is 0.860. The van der Waals surface area contributed by atoms with E-state index < -0.39 is 0 Å². The van der Waals surface area contributed by atoms with Gasteiger partial charge in [-0.25, -0.2) is 4.79 Å². The Morgan fingerprint density at radius 1 is 1.15 bits per heavy atom. The molecule has 3 heterocycles. The first kappa shape index (κ1) is 18.0. The molecular formula is C20H26N4O3. The lowest BCUT2D eigenvalue weighted by Crippen LogP contribution is -2.46. The van der Waals surface area contributed by atoms with Crippen LogP contribution in [0.2, 0.25) is 0 Å². The third-order valence-electron chi connectivity index (χ3n) is 5.44. The number of anilines is 1. The van der Waals surface area contributed by atoms with Crippen molar-refractivity contribution in [2.45, 2.75) is 26.4 Å². The van der Waals surface area contributed by atoms with E-state index in [0.717, 1.165) is 49.9 Å². The van der Waals surface area contributed by atoms with Crippen molar-refractivity contribution in [3.05, 3.63) is 47.3 Å². The lowest BCUT2D eigenvalue weighted by atomic mass is 10.0. The van der Waals surface area contributed by atoms with Gasteiger partial charge >= 0.3 is 6.09 Å². The number of nitrogens with zero attached hydrogens (tertiary/aromatic N) is 4. The summed E-state index contributed by atoms with van der Waals surface area (Å²) in [4.78, 5) is 18.4. The molecule has 1 aromatic carbocycles. The number of ether oxygens (including phenoxy) is 1. The van der Waals surface area contributed by atoms with Crippen LogP contribution in [0.25, 0.3) is 0 Å². The van der Waals surface area contributed by atoms with Crippen molar-refractivity contribution in [3.63, 3.8) is 0 Å². The number of carbonyl (C=O) groups excluding carboxylic acids is 1. The van der Waals surface area contributed by atoms with Gasteiger partial charge in [0.05, 0.1) is 12.2 Å². The smallest absolute Gasteiger partial charge is 0.414 e. The number of carbonyl (C=O) groups is 1. The van der Waals surface area contributed by atoms with Crippen LogP contribution in [0.1, 0.15) is 30.0 Å². The second-order valence-electron chi connectivity index (χ2n) is 7.28. The number of amides is 1. The van der Waals surface area contributed by atoms with E-state index in [0.29, 0.717) is 19.2 Å². The summed E-state index contributed by atoms with van der Waals surface area (Å²) < 4.78 is 10.2. The highest BCUT2D eigenvalue weighted by Crippen LogP contribution is 2.27. The van der Waals surface area contributed by atoms with Gasteiger partial charge in [-0.2, -0.15) is 0 Å². The second-order valence-corrected chi connectivity index (χ2v) is 7.28. The van der Waals surface area contributed by atoms with Gasteiger partial charge in [-0.1, -0.05) is 17.3 Å². The van der Waals surface area contributed by atoms with Crippen LogP contribution in [-0.2, 0) is 11.3 Å². The highest BCUT2D eigenvalue weighted by Gasteiger charge is 2.26. The van der Waals surface area contributed by atoms with E-state index in [1.807, 2.05) is 25.1 Å². The van der Waals surface area contributed by atoms with E-state index in [2.05, 4.69) is 34.0 Å². The molecule has 144 valence electrons. The molecule has 4 rings (SSSR count). The minimum Gasteiger partial charge on any atom is -0.447 e. The van der Waals surface area contributed by atoms with Crippen molar-refractivity contribution in [1.29, 1.82) is 0 Å². The maximum Gasteiger partial charge on any atom is 0.414 e. The molecule has 1 atom stereocenters. The van der Waals surface area contributed by atoms with Crippen LogP contribution in [0, 0.1) is 6.92 Å². The molecule has 0 bridgehead atoms. The van der Waals surface area contributed by atoms with Gasteiger partial charge in [-0.05, 0) is 31.5 Å². The predicted molar refractivity (Wildman–Crippen MR) is 102 cm³/mol. The van der Waals surface area contributed by atoms with Crippen LogP contribution < -0.4 is 4.90 Å². The fourth-order valence-electron chi connectivity index (χ4n) is 3.82. The summed E-state index contributed by atoms with van der Waals surface area (Å²) in [6, 6.07) is 10.6. The summed E-state index contributed by atoms with van der Waals surface area (Å²) in [6.07, 6.45) is -0.253. The normalized spacial score (nSPS) is 20.1. The SMILES string of the molecule is Cc1cc(CN2CCN([C@@H](C)c3cccc(N4CCOC4=O)c3)CC2)no1. The fourth-order valence-corrected chi connectivity index (χ4v) is 3.82. The largest absolute Gasteiger partial charge is 0.447 e. The Morgan fingerprint density at radius 2 is 1.96 bits per heavy atom. The first-order valence-electron chi connectivity index (χ1n) is 9.53. The number of aryl methyl sites for hydroxylation is 1. The number of benzene rings is 1. The van der Waals surface area contributed by atoms with Gasteiger partial charge in [-0.3, -0.25) is 14.7 Å². The molecule has 0 aliphatic carbocycles. The maximum absolute atomic E-state index is 11.8. The zero-order valence-corrected chi connectivity index (χ0v) is 15.9. The van der Waals surface area contributed by atoms with Gasteiger partial charge in [0.2, 0.25) is 0 Å². The number of piperazine rings is 1. The van der Waals surface area contributed by atoms with E-state index >= 15 is 0 Å². The third kappa shape index (κ3) is 3.99. The number of hydrogen-bond acceptors (Lipinski definition) is 6. The average Bonchev–Trinajstić information content (AvgIpc) is 3.30. The van der Waals surface area contributed by atoms with Crippen LogP contribution in [0.15, 0.2) is 34.9 Å². The molecule has 2 fully saturated rings. The Morgan fingerprint density at radius 3 is 2.63 bits per heavy atom. The molecule has 2 saturated heterocycles. The minimum atomic E-state index is -0.253. The molecule has 27 heavy (non-hydrogen) atoms. The van der Waals surface area contributed by atoms with Gasteiger partial charge < -0.3 is 9.26 Å². The molecule has 0 N–H and O–H groups in total. The van der Waals surface area contributed by atoms with Crippen molar-refractivity contribution in [3.8, 4) is 0 Å². The van der Waals surface area contributed by atoms with Gasteiger partial charge in [0.25, 0.3) is 0 Å². The molecule has 2 aliphatic heterocycles. The molecule has 0 saturated carbocycles. The van der Waals surface area contributed by atoms with Crippen LogP contribution in [0.5, 0.6) is 0 Å². The summed E-state index contributed by atoms with van der Waals surface area (Å²) in [5.41, 5.74) is 3.15. The third-order valence-corrected chi connectivity index (χ3v) is 5.44. The topological polar surface area (TPSA) is 62.1 Å². The molecule has 7 heteroatoms. The fraction of sp³-hybridized carbons (Fsp3) is 0.500. The molecule has 2 aliphatic rings. The van der Waals surface area contributed by atoms with Gasteiger partial charge in [0, 0.05) is 50.5 Å². The number of cyclic esters (lactones) is 1. The van der Waals surface area contributed by atoms with Crippen molar-refractivity contribution in [2.75, 3.05) is 44.2 Å². The molecule has 0 spiro atoms. The highest BCUT2D eigenvalue weighted by molar-refractivity contribution is 5.89. The first-order valence-corrected chi connectivity index (χ1v) is 9.53. The van der Waals surface area contributed by atoms with Crippen molar-refractivity contribution >= 4 is 11.8 Å². The lowest BCUT2D eigenvalue weighted by molar-refractivity contribution is 0.0963. The molecule has 7 nitrogen and oxygen atoms in total. The van der Waals surface area contributed by atoms with E-state index in [4.69, 9.17) is 9.26 Å². The summed E-state index contributed by atoms with van der Waals surface area (Å²) >= 11 is 0. The van der Waals surface area contributed by atoms with E-state index in [-0.39, 0.29) is 6.09 Å². The Balaban J connectivity index is 1.36. The van der Waals surface area contributed by atoms with Crippen molar-refractivity contribution in [1.82, 2.24) is 15.0 Å². The van der Waals surface area contributed by atoms with Crippen molar-refractivity contribution in [2.24, 2.45) is 0 Å². The maximum atomic E-state index is 11.8. The number of aromatic nitrogens is 1. The van der Waals surface area contributed by atoms with E-state index in [1.54, 1.807) is 4.90 Å². The predicted octanol–water partition coefficient (Wildman–Crippen LogP) is 2.82. The Hall–Kier alpha value is -2.38. The van der Waals surface area contributed by atoms with Crippen LogP contribution >= 0.6 is 0 Å². The van der Waals surface area contributed by atoms with Crippen LogP contribution in [0.3, 0.4) is 0 Å². The lowest BCUT2D eigenvalue weighted by Gasteiger charge is -2.38. The van der Waals surface area contributed by atoms with Crippen LogP contribution in [0.4, 0.5) is 10.5 Å². The average molecular weight is 370 g/mol. The molecule has 0 unspecified atom stereocenters. The van der Waals surface area contributed by atoms with Crippen molar-refractivity contribution < 1.29 is 14.1 Å². The van der Waals surface area contributed by atoms with Crippen LogP contribution in [-0.4, -0.2) is 60.4 Å². The van der Waals surface area contributed by atoms with E-state index in [1.165, 1.54) is 5.56 Å².